The minimum atomic E-state index is -0.259. The van der Waals surface area contributed by atoms with E-state index in [1.54, 1.807) is 6.07 Å². The molecule has 3 aromatic carbocycles. The van der Waals surface area contributed by atoms with Crippen LogP contribution in [-0.4, -0.2) is 54.7 Å². The fourth-order valence-corrected chi connectivity index (χ4v) is 6.83. The van der Waals surface area contributed by atoms with Crippen LogP contribution in [0.15, 0.2) is 65.6 Å². The summed E-state index contributed by atoms with van der Waals surface area (Å²) in [5.74, 6) is 2.14. The highest BCUT2D eigenvalue weighted by Gasteiger charge is 2.25. The Morgan fingerprint density at radius 2 is 1.89 bits per heavy atom. The van der Waals surface area contributed by atoms with E-state index < -0.39 is 0 Å². The number of hydrogen-bond acceptors (Lipinski definition) is 5. The van der Waals surface area contributed by atoms with Gasteiger partial charge in [0.1, 0.15) is 17.6 Å². The Morgan fingerprint density at radius 3 is 2.76 bits per heavy atom. The molecule has 0 spiro atoms. The maximum Gasteiger partial charge on any atom is 0.119 e. The van der Waals surface area contributed by atoms with Gasteiger partial charge in [0, 0.05) is 42.5 Å². The highest BCUT2D eigenvalue weighted by molar-refractivity contribution is 7.99. The monoisotopic (exact) mass is 516 g/mol. The minimum absolute atomic E-state index is 0.151. The molecule has 0 aliphatic carbocycles. The number of fused-ring (bicyclic) bond motifs is 2. The second kappa shape index (κ2) is 10.8. The molecule has 3 aliphatic heterocycles. The van der Waals surface area contributed by atoms with E-state index in [4.69, 9.17) is 4.74 Å². The van der Waals surface area contributed by atoms with E-state index in [-0.39, 0.29) is 12.8 Å². The van der Waals surface area contributed by atoms with Crippen LogP contribution in [0.5, 0.6) is 11.5 Å². The fraction of sp³-hybridized carbons (Fsp3) is 0.355. The first-order valence-electron chi connectivity index (χ1n) is 13.3. The summed E-state index contributed by atoms with van der Waals surface area (Å²) in [6.45, 7) is 3.37. The number of rotatable bonds is 7. The van der Waals surface area contributed by atoms with Gasteiger partial charge < -0.3 is 15.2 Å². The number of nitrogens with zero attached hydrogens (tertiary/aromatic N) is 1. The van der Waals surface area contributed by atoms with Crippen molar-refractivity contribution in [2.24, 2.45) is 0 Å². The van der Waals surface area contributed by atoms with Crippen LogP contribution in [0.1, 0.15) is 41.5 Å². The van der Waals surface area contributed by atoms with Gasteiger partial charge >= 0.3 is 0 Å². The summed E-state index contributed by atoms with van der Waals surface area (Å²) in [4.78, 5) is 3.41. The zero-order valence-electron chi connectivity index (χ0n) is 21.0. The van der Waals surface area contributed by atoms with E-state index in [0.717, 1.165) is 67.4 Å². The number of halogens is 1. The van der Waals surface area contributed by atoms with Crippen LogP contribution < -0.4 is 10.1 Å². The molecule has 37 heavy (non-hydrogen) atoms. The van der Waals surface area contributed by atoms with Crippen LogP contribution in [-0.2, 0) is 6.42 Å². The number of phenols is 1. The quantitative estimate of drug-likeness (QED) is 0.369. The van der Waals surface area contributed by atoms with Crippen molar-refractivity contribution in [1.29, 1.82) is 0 Å². The average Bonchev–Trinajstić information content (AvgIpc) is 3.53. The maximum atomic E-state index is 12.5. The first kappa shape index (κ1) is 24.4. The van der Waals surface area contributed by atoms with Crippen molar-refractivity contribution in [2.75, 3.05) is 43.9 Å². The zero-order chi connectivity index (χ0) is 25.2. The Hall–Kier alpha value is -2.96. The van der Waals surface area contributed by atoms with Crippen molar-refractivity contribution in [1.82, 2.24) is 4.90 Å². The average molecular weight is 517 g/mol. The predicted molar refractivity (Wildman–Crippen MR) is 151 cm³/mol. The van der Waals surface area contributed by atoms with Crippen LogP contribution in [0, 0.1) is 0 Å². The summed E-state index contributed by atoms with van der Waals surface area (Å²) >= 11 is 1.81. The SMILES string of the molecule is Oc1ccc2c(c1)SCCC(c1ccc3c(c1)CCN3)=C2c1ccc(O[C@H]2CCN(CCCF)C2)cc1. The molecule has 3 aromatic rings. The molecule has 1 saturated heterocycles. The van der Waals surface area contributed by atoms with E-state index in [1.165, 1.54) is 33.5 Å². The molecular weight excluding hydrogens is 483 g/mol. The van der Waals surface area contributed by atoms with E-state index in [1.807, 2.05) is 17.8 Å². The molecule has 0 amide bonds. The largest absolute Gasteiger partial charge is 0.508 e. The smallest absolute Gasteiger partial charge is 0.119 e. The van der Waals surface area contributed by atoms with Crippen LogP contribution in [0.25, 0.3) is 11.1 Å². The maximum absolute atomic E-state index is 12.5. The zero-order valence-corrected chi connectivity index (χ0v) is 21.8. The van der Waals surface area contributed by atoms with E-state index >= 15 is 0 Å². The van der Waals surface area contributed by atoms with E-state index in [9.17, 15) is 9.50 Å². The number of aromatic hydroxyl groups is 1. The molecule has 4 nitrogen and oxygen atoms in total. The standard InChI is InChI=1S/C31H33FN2O2S/c32-13-1-15-34-16-11-26(20-34)36-25-6-2-21(3-7-25)31-27(22-4-9-29-23(18-22)10-14-33-29)12-17-37-30-19-24(35)5-8-28(30)31/h2-9,18-19,26,33,35H,1,10-17,20H2/t26-/m0/s1. The molecule has 1 atom stereocenters. The van der Waals surface area contributed by atoms with Gasteiger partial charge in [-0.25, -0.2) is 0 Å². The lowest BCUT2D eigenvalue weighted by atomic mass is 9.87. The first-order chi connectivity index (χ1) is 18.2. The third-order valence-electron chi connectivity index (χ3n) is 7.59. The number of likely N-dealkylation sites (tertiary alicyclic amines) is 1. The summed E-state index contributed by atoms with van der Waals surface area (Å²) in [6, 6.07) is 21.0. The topological polar surface area (TPSA) is 44.7 Å². The van der Waals surface area contributed by atoms with E-state index in [0.29, 0.717) is 12.2 Å². The number of alkyl halides is 1. The van der Waals surface area contributed by atoms with Gasteiger partial charge in [0.25, 0.3) is 0 Å². The van der Waals surface area contributed by atoms with Gasteiger partial charge in [0.15, 0.2) is 0 Å². The summed E-state index contributed by atoms with van der Waals surface area (Å²) in [5, 5.41) is 13.7. The van der Waals surface area contributed by atoms with Crippen LogP contribution >= 0.6 is 11.8 Å². The number of benzene rings is 3. The number of nitrogens with one attached hydrogen (secondary N) is 1. The molecule has 6 rings (SSSR count). The highest BCUT2D eigenvalue weighted by Crippen LogP contribution is 2.44. The van der Waals surface area contributed by atoms with Gasteiger partial charge in [-0.15, -0.1) is 11.8 Å². The lowest BCUT2D eigenvalue weighted by Gasteiger charge is -2.19. The van der Waals surface area contributed by atoms with Gasteiger partial charge in [-0.05, 0) is 102 Å². The second-order valence-corrected chi connectivity index (χ2v) is 11.2. The normalized spacial score (nSPS) is 19.3. The van der Waals surface area contributed by atoms with E-state index in [2.05, 4.69) is 58.7 Å². The Balaban J connectivity index is 1.33. The molecular formula is C31H33FN2O2S. The van der Waals surface area contributed by atoms with Gasteiger partial charge in [-0.3, -0.25) is 9.29 Å². The number of anilines is 1. The first-order valence-corrected chi connectivity index (χ1v) is 14.3. The van der Waals surface area contributed by atoms with Gasteiger partial charge in [0.05, 0.1) is 6.67 Å². The molecule has 0 radical (unpaired) electrons. The minimum Gasteiger partial charge on any atom is -0.508 e. The molecule has 6 heteroatoms. The Labute approximate surface area is 222 Å². The summed E-state index contributed by atoms with van der Waals surface area (Å²) < 4.78 is 18.8. The molecule has 0 saturated carbocycles. The fourth-order valence-electron chi connectivity index (χ4n) is 5.77. The van der Waals surface area contributed by atoms with Crippen molar-refractivity contribution < 1.29 is 14.2 Å². The van der Waals surface area contributed by atoms with Crippen molar-refractivity contribution in [2.45, 2.75) is 36.7 Å². The Bertz CT molecular complexity index is 1310. The molecule has 0 bridgehead atoms. The van der Waals surface area contributed by atoms with Crippen molar-refractivity contribution in [3.8, 4) is 11.5 Å². The molecule has 3 aliphatic rings. The molecule has 3 heterocycles. The van der Waals surface area contributed by atoms with Crippen LogP contribution in [0.4, 0.5) is 10.1 Å². The summed E-state index contributed by atoms with van der Waals surface area (Å²) in [5.41, 5.74) is 8.81. The highest BCUT2D eigenvalue weighted by atomic mass is 32.2. The molecule has 0 unspecified atom stereocenters. The summed E-state index contributed by atoms with van der Waals surface area (Å²) in [6.07, 6.45) is 3.74. The second-order valence-electron chi connectivity index (χ2n) is 10.1. The van der Waals surface area contributed by atoms with Gasteiger partial charge in [-0.1, -0.05) is 18.2 Å². The third-order valence-corrected chi connectivity index (χ3v) is 8.65. The number of phenolic OH excluding ortho intramolecular Hbond substituents is 1. The van der Waals surface area contributed by atoms with Crippen molar-refractivity contribution in [3.63, 3.8) is 0 Å². The van der Waals surface area contributed by atoms with Crippen molar-refractivity contribution >= 4 is 28.6 Å². The lowest BCUT2D eigenvalue weighted by molar-refractivity contribution is 0.198. The molecule has 0 aromatic heterocycles. The number of allylic oxidation sites excluding steroid dienone is 1. The van der Waals surface area contributed by atoms with Crippen LogP contribution in [0.2, 0.25) is 0 Å². The predicted octanol–water partition coefficient (Wildman–Crippen LogP) is 6.63. The van der Waals surface area contributed by atoms with Gasteiger partial charge in [0.2, 0.25) is 0 Å². The molecule has 192 valence electrons. The number of ether oxygens (including phenoxy) is 1. The molecule has 2 N–H and O–H groups in total. The van der Waals surface area contributed by atoms with Crippen LogP contribution in [0.3, 0.4) is 0 Å². The Morgan fingerprint density at radius 1 is 1.03 bits per heavy atom. The Kier molecular flexibility index (Phi) is 7.12. The van der Waals surface area contributed by atoms with Crippen molar-refractivity contribution in [3.05, 3.63) is 82.9 Å². The number of thioether (sulfide) groups is 1. The third kappa shape index (κ3) is 5.23. The lowest BCUT2D eigenvalue weighted by Crippen LogP contribution is -2.26. The van der Waals surface area contributed by atoms with Gasteiger partial charge in [-0.2, -0.15) is 0 Å². The number of hydrogen-bond donors (Lipinski definition) is 2. The molecule has 1 fully saturated rings. The summed E-state index contributed by atoms with van der Waals surface area (Å²) in [7, 11) is 0.